The number of nitrogens with zero attached hydrogens (tertiary/aromatic N) is 4. The number of aromatic nitrogens is 3. The van der Waals surface area contributed by atoms with Gasteiger partial charge in [-0.2, -0.15) is 5.10 Å². The Bertz CT molecular complexity index is 1650. The number of hydrogen-bond acceptors (Lipinski definition) is 10. The van der Waals surface area contributed by atoms with E-state index >= 15 is 0 Å². The van der Waals surface area contributed by atoms with Crippen LogP contribution in [-0.4, -0.2) is 68.4 Å². The fourth-order valence-corrected chi connectivity index (χ4v) is 4.15. The minimum Gasteiger partial charge on any atom is -0.508 e. The molecule has 0 aliphatic carbocycles. The minimum atomic E-state index is -1.00. The molecule has 0 unspecified atom stereocenters. The lowest BCUT2D eigenvalue weighted by Crippen LogP contribution is -2.37. The third kappa shape index (κ3) is 6.30. The standard InChI is InChI=1S/C29H30N6O7/c1-5-30-26(37)20-8-7-17(3)23(13-20)33-25-24-18(4)22(14-35(24)32-15-31-25)27(38)34(6-2)29(40)42-16-41-28(39)19-9-11-21(36)12-10-19/h7-15,36H,5-6,16H2,1-4H3,(H,30,37)(H,31,32,33). The first-order valence-corrected chi connectivity index (χ1v) is 13.1. The van der Waals surface area contributed by atoms with Crippen molar-refractivity contribution in [2.24, 2.45) is 0 Å². The van der Waals surface area contributed by atoms with Crippen molar-refractivity contribution in [2.75, 3.05) is 25.2 Å². The van der Waals surface area contributed by atoms with E-state index in [1.54, 1.807) is 26.0 Å². The summed E-state index contributed by atoms with van der Waals surface area (Å²) in [6, 6.07) is 10.6. The van der Waals surface area contributed by atoms with Crippen LogP contribution in [0.3, 0.4) is 0 Å². The van der Waals surface area contributed by atoms with Crippen molar-refractivity contribution in [2.45, 2.75) is 27.7 Å². The second-order valence-electron chi connectivity index (χ2n) is 9.14. The van der Waals surface area contributed by atoms with Gasteiger partial charge in [-0.1, -0.05) is 6.07 Å². The molecular weight excluding hydrogens is 544 g/mol. The minimum absolute atomic E-state index is 0.0154. The number of ether oxygens (including phenoxy) is 2. The van der Waals surface area contributed by atoms with E-state index in [-0.39, 0.29) is 29.3 Å². The molecule has 0 saturated carbocycles. The average Bonchev–Trinajstić information content (AvgIpc) is 3.32. The molecule has 3 N–H and O–H groups in total. The fourth-order valence-electron chi connectivity index (χ4n) is 4.15. The molecule has 0 fully saturated rings. The number of benzene rings is 2. The van der Waals surface area contributed by atoms with Crippen LogP contribution >= 0.6 is 0 Å². The van der Waals surface area contributed by atoms with Crippen LogP contribution < -0.4 is 10.6 Å². The molecule has 0 aliphatic rings. The van der Waals surface area contributed by atoms with E-state index in [2.05, 4.69) is 20.7 Å². The van der Waals surface area contributed by atoms with E-state index in [4.69, 9.17) is 9.47 Å². The lowest BCUT2D eigenvalue weighted by atomic mass is 10.1. The number of carbonyl (C=O) groups excluding carboxylic acids is 4. The zero-order valence-corrected chi connectivity index (χ0v) is 23.5. The number of rotatable bonds is 9. The van der Waals surface area contributed by atoms with Gasteiger partial charge in [0.25, 0.3) is 11.8 Å². The van der Waals surface area contributed by atoms with Crippen molar-refractivity contribution in [3.63, 3.8) is 0 Å². The molecule has 4 rings (SSSR count). The number of anilines is 2. The molecule has 2 heterocycles. The van der Waals surface area contributed by atoms with Gasteiger partial charge in [-0.15, -0.1) is 0 Å². The van der Waals surface area contributed by atoms with E-state index in [0.29, 0.717) is 34.7 Å². The molecule has 0 aliphatic heterocycles. The molecule has 42 heavy (non-hydrogen) atoms. The molecule has 0 radical (unpaired) electrons. The largest absolute Gasteiger partial charge is 0.508 e. The second-order valence-corrected chi connectivity index (χ2v) is 9.14. The molecule has 2 aromatic heterocycles. The number of amides is 3. The van der Waals surface area contributed by atoms with Crippen LogP contribution in [0, 0.1) is 13.8 Å². The molecule has 3 amide bonds. The summed E-state index contributed by atoms with van der Waals surface area (Å²) in [5, 5.41) is 19.6. The average molecular weight is 575 g/mol. The maximum Gasteiger partial charge on any atom is 0.419 e. The summed E-state index contributed by atoms with van der Waals surface area (Å²) in [6.45, 7) is 6.79. The van der Waals surface area contributed by atoms with Gasteiger partial charge in [0, 0.05) is 30.5 Å². The highest BCUT2D eigenvalue weighted by atomic mass is 16.7. The molecule has 0 bridgehead atoms. The predicted molar refractivity (Wildman–Crippen MR) is 152 cm³/mol. The maximum atomic E-state index is 13.4. The topological polar surface area (TPSA) is 164 Å². The summed E-state index contributed by atoms with van der Waals surface area (Å²) < 4.78 is 11.4. The van der Waals surface area contributed by atoms with Crippen molar-refractivity contribution < 1.29 is 33.8 Å². The number of esters is 1. The van der Waals surface area contributed by atoms with Crippen molar-refractivity contribution in [3.05, 3.63) is 82.8 Å². The Morgan fingerprint density at radius 3 is 2.40 bits per heavy atom. The third-order valence-corrected chi connectivity index (χ3v) is 6.40. The summed E-state index contributed by atoms with van der Waals surface area (Å²) >= 11 is 0. The summed E-state index contributed by atoms with van der Waals surface area (Å²) in [7, 11) is 0. The summed E-state index contributed by atoms with van der Waals surface area (Å²) in [5.41, 5.74) is 3.33. The fraction of sp³-hybridized carbons (Fsp3) is 0.241. The number of nitrogens with one attached hydrogen (secondary N) is 2. The van der Waals surface area contributed by atoms with Crippen LogP contribution in [-0.2, 0) is 9.47 Å². The monoisotopic (exact) mass is 574 g/mol. The van der Waals surface area contributed by atoms with Crippen LogP contribution in [0.25, 0.3) is 5.52 Å². The van der Waals surface area contributed by atoms with E-state index in [0.717, 1.165) is 10.5 Å². The molecule has 13 nitrogen and oxygen atoms in total. The Hall–Kier alpha value is -5.46. The SMILES string of the molecule is CCNC(=O)c1ccc(C)c(Nc2ncnn3cc(C(=O)N(CC)C(=O)OCOC(=O)c4ccc(O)cc4)c(C)c23)c1. The summed E-state index contributed by atoms with van der Waals surface area (Å²) in [6.07, 6.45) is 1.80. The number of aromatic hydroxyl groups is 1. The molecule has 218 valence electrons. The van der Waals surface area contributed by atoms with Gasteiger partial charge in [0.1, 0.15) is 17.6 Å². The van der Waals surface area contributed by atoms with E-state index < -0.39 is 24.8 Å². The summed E-state index contributed by atoms with van der Waals surface area (Å²) in [4.78, 5) is 55.9. The smallest absolute Gasteiger partial charge is 0.419 e. The number of hydrogen-bond donors (Lipinski definition) is 3. The molecular formula is C29H30N6O7. The van der Waals surface area contributed by atoms with Gasteiger partial charge >= 0.3 is 12.1 Å². The van der Waals surface area contributed by atoms with Crippen molar-refractivity contribution >= 4 is 40.9 Å². The molecule has 4 aromatic rings. The third-order valence-electron chi connectivity index (χ3n) is 6.40. The van der Waals surface area contributed by atoms with Gasteiger partial charge in [0.2, 0.25) is 6.79 Å². The Balaban J connectivity index is 1.51. The van der Waals surface area contributed by atoms with Gasteiger partial charge < -0.3 is 25.2 Å². The van der Waals surface area contributed by atoms with Gasteiger partial charge in [-0.25, -0.2) is 24.0 Å². The molecule has 0 saturated heterocycles. The van der Waals surface area contributed by atoms with Crippen LogP contribution in [0.4, 0.5) is 16.3 Å². The first-order valence-electron chi connectivity index (χ1n) is 13.1. The zero-order chi connectivity index (χ0) is 30.4. The van der Waals surface area contributed by atoms with Crippen LogP contribution in [0.15, 0.2) is 55.0 Å². The number of carbonyl (C=O) groups is 4. The lowest BCUT2D eigenvalue weighted by molar-refractivity contribution is -0.0102. The van der Waals surface area contributed by atoms with Gasteiger partial charge in [-0.3, -0.25) is 9.59 Å². The quantitative estimate of drug-likeness (QED) is 0.197. The van der Waals surface area contributed by atoms with E-state index in [1.807, 2.05) is 19.9 Å². The number of imide groups is 1. The van der Waals surface area contributed by atoms with Crippen molar-refractivity contribution in [3.8, 4) is 5.75 Å². The predicted octanol–water partition coefficient (Wildman–Crippen LogP) is 3.96. The molecule has 2 aromatic carbocycles. The highest BCUT2D eigenvalue weighted by molar-refractivity contribution is 6.05. The molecule has 13 heteroatoms. The Morgan fingerprint density at radius 2 is 1.71 bits per heavy atom. The maximum absolute atomic E-state index is 13.4. The normalized spacial score (nSPS) is 10.7. The van der Waals surface area contributed by atoms with Crippen LogP contribution in [0.1, 0.15) is 56.0 Å². The highest BCUT2D eigenvalue weighted by Gasteiger charge is 2.27. The number of fused-ring (bicyclic) bond motifs is 1. The number of aryl methyl sites for hydroxylation is 2. The van der Waals surface area contributed by atoms with Crippen LogP contribution in [0.5, 0.6) is 5.75 Å². The molecule has 0 atom stereocenters. The second kappa shape index (κ2) is 12.8. The van der Waals surface area contributed by atoms with Crippen molar-refractivity contribution in [1.82, 2.24) is 24.8 Å². The van der Waals surface area contributed by atoms with Gasteiger partial charge in [0.05, 0.1) is 11.1 Å². The summed E-state index contributed by atoms with van der Waals surface area (Å²) in [5.74, 6) is -1.24. The number of phenolic OH excluding ortho intramolecular Hbond substituents is 1. The first-order chi connectivity index (χ1) is 20.1. The van der Waals surface area contributed by atoms with E-state index in [9.17, 15) is 24.3 Å². The van der Waals surface area contributed by atoms with Crippen LogP contribution in [0.2, 0.25) is 0 Å². The Kier molecular flexibility index (Phi) is 9.00. The lowest BCUT2D eigenvalue weighted by Gasteiger charge is -2.18. The highest BCUT2D eigenvalue weighted by Crippen LogP contribution is 2.28. The van der Waals surface area contributed by atoms with Gasteiger partial charge in [-0.05, 0) is 75.2 Å². The Morgan fingerprint density at radius 1 is 1.00 bits per heavy atom. The zero-order valence-electron chi connectivity index (χ0n) is 23.5. The van der Waals surface area contributed by atoms with E-state index in [1.165, 1.54) is 41.3 Å². The number of phenols is 1. The first kappa shape index (κ1) is 29.5. The Labute approximate surface area is 241 Å². The molecule has 0 spiro atoms. The van der Waals surface area contributed by atoms with Crippen molar-refractivity contribution in [1.29, 1.82) is 0 Å². The van der Waals surface area contributed by atoms with Gasteiger partial charge in [0.15, 0.2) is 5.82 Å².